The Morgan fingerprint density at radius 3 is 2.46 bits per heavy atom. The lowest BCUT2D eigenvalue weighted by molar-refractivity contribution is -0.0468. The van der Waals surface area contributed by atoms with Gasteiger partial charge in [0.15, 0.2) is 0 Å². The first kappa shape index (κ1) is 24.5. The van der Waals surface area contributed by atoms with Gasteiger partial charge in [0.25, 0.3) is 0 Å². The Kier molecular flexibility index (Phi) is 6.74. The lowest BCUT2D eigenvalue weighted by Crippen LogP contribution is -2.50. The maximum absolute atomic E-state index is 12.8. The first-order valence-corrected chi connectivity index (χ1v) is 13.6. The van der Waals surface area contributed by atoms with Gasteiger partial charge in [-0.25, -0.2) is 9.59 Å². The van der Waals surface area contributed by atoms with Crippen molar-refractivity contribution in [2.24, 2.45) is 29.2 Å². The number of fused-ring (bicyclic) bond motifs is 1. The van der Waals surface area contributed by atoms with Gasteiger partial charge in [-0.1, -0.05) is 12.1 Å². The van der Waals surface area contributed by atoms with Crippen molar-refractivity contribution in [1.29, 1.82) is 0 Å². The quantitative estimate of drug-likeness (QED) is 0.557. The van der Waals surface area contributed by atoms with Crippen LogP contribution < -0.4 is 22.5 Å². The lowest BCUT2D eigenvalue weighted by Gasteiger charge is -2.39. The summed E-state index contributed by atoms with van der Waals surface area (Å²) in [6.45, 7) is 5.10. The number of rotatable bonds is 5. The second-order valence-corrected chi connectivity index (χ2v) is 11.1. The number of likely N-dealkylation sites (tertiary alicyclic amines) is 2. The summed E-state index contributed by atoms with van der Waals surface area (Å²) in [5.74, 6) is 1.98. The van der Waals surface area contributed by atoms with Crippen molar-refractivity contribution < 1.29 is 9.53 Å². The van der Waals surface area contributed by atoms with E-state index in [1.807, 2.05) is 12.1 Å². The molecule has 1 saturated carbocycles. The normalized spacial score (nSPS) is 30.2. The number of benzene rings is 1. The van der Waals surface area contributed by atoms with Gasteiger partial charge in [-0.05, 0) is 67.2 Å². The molecule has 4 aliphatic rings. The molecule has 0 bridgehead atoms. The van der Waals surface area contributed by atoms with Crippen LogP contribution >= 0.6 is 0 Å². The van der Waals surface area contributed by atoms with Crippen molar-refractivity contribution in [1.82, 2.24) is 19.4 Å². The number of carbonyl (C=O) groups excluding carboxylic acids is 1. The number of nitrogens with zero attached hydrogens (tertiary/aromatic N) is 4. The summed E-state index contributed by atoms with van der Waals surface area (Å²) in [5.41, 5.74) is 13.8. The van der Waals surface area contributed by atoms with Crippen molar-refractivity contribution in [2.45, 2.75) is 50.4 Å². The number of carbonyl (C=O) groups is 1. The van der Waals surface area contributed by atoms with E-state index in [-0.39, 0.29) is 24.0 Å². The number of hydrogen-bond acceptors (Lipinski definition) is 7. The summed E-state index contributed by atoms with van der Waals surface area (Å²) in [4.78, 5) is 33.8. The van der Waals surface area contributed by atoms with E-state index in [4.69, 9.17) is 16.2 Å². The van der Waals surface area contributed by atoms with Gasteiger partial charge in [0.1, 0.15) is 5.82 Å². The van der Waals surface area contributed by atoms with Gasteiger partial charge in [0.2, 0.25) is 0 Å². The van der Waals surface area contributed by atoms with Crippen molar-refractivity contribution in [3.05, 3.63) is 52.6 Å². The third-order valence-corrected chi connectivity index (χ3v) is 8.70. The zero-order chi connectivity index (χ0) is 25.5. The Hall–Kier alpha value is -2.79. The van der Waals surface area contributed by atoms with E-state index in [9.17, 15) is 9.59 Å². The minimum Gasteiger partial charge on any atom is -0.376 e. The smallest absolute Gasteiger partial charge is 0.354 e. The fourth-order valence-corrected chi connectivity index (χ4v) is 6.41. The highest BCUT2D eigenvalue weighted by Gasteiger charge is 2.53. The van der Waals surface area contributed by atoms with Crippen LogP contribution in [0, 0.1) is 17.8 Å². The number of urea groups is 1. The fourth-order valence-electron chi connectivity index (χ4n) is 6.41. The standard InChI is InChI=1S/C27H37N7O3/c28-22-2-1-13-37-25(22)18-7-10-33(11-8-18)26(35)30-23-9-12-34(27(36)31-23)19-5-3-17(4-6-19)14-32-15-20-21(16-32)24(20)29/h3-6,9,12,18,20-22,24-25H,1-2,7-8,10-11,13-16,28-29H2,(H,30,31,35,36)/t20-,21+,22?,24+,25?. The molecule has 5 N–H and O–H groups in total. The predicted octanol–water partition coefficient (Wildman–Crippen LogP) is 1.37. The van der Waals surface area contributed by atoms with Crippen LogP contribution in [0.5, 0.6) is 0 Å². The maximum atomic E-state index is 12.8. The number of ether oxygens (including phenoxy) is 1. The largest absolute Gasteiger partial charge is 0.376 e. The lowest BCUT2D eigenvalue weighted by atomic mass is 9.85. The minimum absolute atomic E-state index is 0.0843. The molecule has 0 spiro atoms. The van der Waals surface area contributed by atoms with Crippen LogP contribution in [0.15, 0.2) is 41.3 Å². The Morgan fingerprint density at radius 2 is 1.78 bits per heavy atom. The van der Waals surface area contributed by atoms with Gasteiger partial charge in [-0.15, -0.1) is 0 Å². The molecule has 1 aliphatic carbocycles. The zero-order valence-electron chi connectivity index (χ0n) is 21.2. The average molecular weight is 508 g/mol. The van der Waals surface area contributed by atoms with Crippen LogP contribution in [0.1, 0.15) is 31.2 Å². The van der Waals surface area contributed by atoms with Crippen molar-refractivity contribution in [3.8, 4) is 5.69 Å². The molecule has 1 aromatic heterocycles. The Bertz CT molecular complexity index is 1170. The van der Waals surface area contributed by atoms with Crippen LogP contribution in [0.2, 0.25) is 0 Å². The van der Waals surface area contributed by atoms with Crippen LogP contribution in [-0.4, -0.2) is 76.4 Å². The van der Waals surface area contributed by atoms with Crippen LogP contribution in [0.25, 0.3) is 5.69 Å². The van der Waals surface area contributed by atoms with E-state index in [0.29, 0.717) is 36.9 Å². The molecule has 2 amide bonds. The molecule has 2 aromatic rings. The third-order valence-electron chi connectivity index (χ3n) is 8.70. The first-order valence-electron chi connectivity index (χ1n) is 13.6. The van der Waals surface area contributed by atoms with E-state index in [2.05, 4.69) is 27.3 Å². The SMILES string of the molecule is NC1CCCOC1C1CCN(C(=O)Nc2ccn(-c3ccc(CN4C[C@@H]5[C@@H](N)[C@@H]5C4)cc3)c(=O)n2)CC1. The van der Waals surface area contributed by atoms with Crippen molar-refractivity contribution in [3.63, 3.8) is 0 Å². The molecule has 3 saturated heterocycles. The molecule has 10 heteroatoms. The molecule has 37 heavy (non-hydrogen) atoms. The molecule has 4 fully saturated rings. The van der Waals surface area contributed by atoms with Gasteiger partial charge in [0, 0.05) is 57.6 Å². The number of hydrogen-bond donors (Lipinski definition) is 3. The van der Waals surface area contributed by atoms with Gasteiger partial charge >= 0.3 is 11.7 Å². The van der Waals surface area contributed by atoms with E-state index >= 15 is 0 Å². The highest BCUT2D eigenvalue weighted by molar-refractivity contribution is 5.88. The van der Waals surface area contributed by atoms with E-state index in [0.717, 1.165) is 57.6 Å². The summed E-state index contributed by atoms with van der Waals surface area (Å²) in [5, 5.41) is 2.79. The number of nitrogens with one attached hydrogen (secondary N) is 1. The van der Waals surface area contributed by atoms with Gasteiger partial charge in [-0.2, -0.15) is 4.98 Å². The van der Waals surface area contributed by atoms with E-state index in [1.54, 1.807) is 17.2 Å². The number of piperidine rings is 2. The summed E-state index contributed by atoms with van der Waals surface area (Å²) in [6.07, 6.45) is 5.50. The van der Waals surface area contributed by atoms with Crippen LogP contribution in [0.4, 0.5) is 10.6 Å². The predicted molar refractivity (Wildman–Crippen MR) is 140 cm³/mol. The first-order chi connectivity index (χ1) is 18.0. The number of aromatic nitrogens is 2. The van der Waals surface area contributed by atoms with E-state index in [1.165, 1.54) is 10.1 Å². The molecule has 0 radical (unpaired) electrons. The molecular weight excluding hydrogens is 470 g/mol. The summed E-state index contributed by atoms with van der Waals surface area (Å²) >= 11 is 0. The molecule has 198 valence electrons. The molecule has 3 aliphatic heterocycles. The van der Waals surface area contributed by atoms with Crippen molar-refractivity contribution in [2.75, 3.05) is 38.1 Å². The van der Waals surface area contributed by atoms with Gasteiger partial charge < -0.3 is 21.1 Å². The number of anilines is 1. The molecular formula is C27H37N7O3. The molecule has 5 atom stereocenters. The van der Waals surface area contributed by atoms with Gasteiger partial charge in [0.05, 0.1) is 11.8 Å². The topological polar surface area (TPSA) is 132 Å². The average Bonchev–Trinajstić information content (AvgIpc) is 3.29. The highest BCUT2D eigenvalue weighted by atomic mass is 16.5. The Morgan fingerprint density at radius 1 is 1.05 bits per heavy atom. The maximum Gasteiger partial charge on any atom is 0.354 e. The summed E-state index contributed by atoms with van der Waals surface area (Å²) < 4.78 is 7.42. The molecule has 2 unspecified atom stereocenters. The monoisotopic (exact) mass is 507 g/mol. The second-order valence-electron chi connectivity index (χ2n) is 11.1. The fraction of sp³-hybridized carbons (Fsp3) is 0.593. The highest BCUT2D eigenvalue weighted by Crippen LogP contribution is 2.44. The molecule has 10 nitrogen and oxygen atoms in total. The van der Waals surface area contributed by atoms with Crippen molar-refractivity contribution >= 4 is 11.8 Å². The van der Waals surface area contributed by atoms with Crippen LogP contribution in [-0.2, 0) is 11.3 Å². The van der Waals surface area contributed by atoms with Crippen LogP contribution in [0.3, 0.4) is 0 Å². The zero-order valence-corrected chi connectivity index (χ0v) is 21.2. The third kappa shape index (κ3) is 5.16. The molecule has 1 aromatic carbocycles. The molecule has 4 heterocycles. The second kappa shape index (κ2) is 10.2. The Labute approximate surface area is 217 Å². The summed E-state index contributed by atoms with van der Waals surface area (Å²) in [6, 6.07) is 9.89. The van der Waals surface area contributed by atoms with E-state index < -0.39 is 5.69 Å². The van der Waals surface area contributed by atoms with Gasteiger partial charge in [-0.3, -0.25) is 14.8 Å². The number of amides is 2. The number of nitrogens with two attached hydrogens (primary N) is 2. The molecule has 6 rings (SSSR count). The summed E-state index contributed by atoms with van der Waals surface area (Å²) in [7, 11) is 0. The Balaban J connectivity index is 1.02. The minimum atomic E-state index is -0.429.